The van der Waals surface area contributed by atoms with Crippen LogP contribution in [0.5, 0.6) is 0 Å². The van der Waals surface area contributed by atoms with Gasteiger partial charge in [-0.15, -0.1) is 11.3 Å². The Balaban J connectivity index is 1.54. The van der Waals surface area contributed by atoms with E-state index in [4.69, 9.17) is 0 Å². The Morgan fingerprint density at radius 2 is 2.18 bits per heavy atom. The van der Waals surface area contributed by atoms with Crippen LogP contribution in [-0.2, 0) is 0 Å². The molecule has 3 heterocycles. The van der Waals surface area contributed by atoms with E-state index in [0.29, 0.717) is 18.1 Å². The SMILES string of the molecule is CN(C)c1cc2ccc(C(=O)N[C@@H]3C[C@H]4CC[C@@H]3N4)cc2s1. The molecule has 0 spiro atoms. The standard InChI is InChI=1S/C17H21N3OS/c1-20(2)16-8-10-3-4-11(7-15(10)22-16)17(21)19-14-9-12-5-6-13(14)18-12/h3-4,7-8,12-14,18H,5-6,9H2,1-2H3,(H,19,21)/t12-,13+,14-/m1/s1. The van der Waals surface area contributed by atoms with Gasteiger partial charge in [0, 0.05) is 42.5 Å². The average Bonchev–Trinajstić information content (AvgIpc) is 3.20. The number of amides is 1. The quantitative estimate of drug-likeness (QED) is 0.915. The highest BCUT2D eigenvalue weighted by atomic mass is 32.1. The molecule has 5 heteroatoms. The minimum atomic E-state index is 0.0565. The van der Waals surface area contributed by atoms with Crippen molar-refractivity contribution in [2.75, 3.05) is 19.0 Å². The molecule has 2 fully saturated rings. The molecule has 2 N–H and O–H groups in total. The summed E-state index contributed by atoms with van der Waals surface area (Å²) >= 11 is 1.73. The van der Waals surface area contributed by atoms with Gasteiger partial charge in [-0.1, -0.05) is 6.07 Å². The summed E-state index contributed by atoms with van der Waals surface area (Å²) in [6.07, 6.45) is 3.51. The first-order chi connectivity index (χ1) is 10.6. The van der Waals surface area contributed by atoms with Gasteiger partial charge in [-0.05, 0) is 42.8 Å². The molecule has 2 bridgehead atoms. The summed E-state index contributed by atoms with van der Waals surface area (Å²) < 4.78 is 1.17. The number of carbonyl (C=O) groups is 1. The van der Waals surface area contributed by atoms with E-state index >= 15 is 0 Å². The number of rotatable bonds is 3. The number of hydrogen-bond donors (Lipinski definition) is 2. The smallest absolute Gasteiger partial charge is 0.251 e. The topological polar surface area (TPSA) is 44.4 Å². The fraction of sp³-hybridized carbons (Fsp3) is 0.471. The van der Waals surface area contributed by atoms with Gasteiger partial charge >= 0.3 is 0 Å². The molecule has 3 atom stereocenters. The number of nitrogens with zero attached hydrogens (tertiary/aromatic N) is 1. The van der Waals surface area contributed by atoms with E-state index in [0.717, 1.165) is 12.0 Å². The van der Waals surface area contributed by atoms with Gasteiger partial charge in [0.1, 0.15) is 0 Å². The lowest BCUT2D eigenvalue weighted by Gasteiger charge is -2.21. The van der Waals surface area contributed by atoms with Crippen LogP contribution >= 0.6 is 11.3 Å². The second-order valence-electron chi connectivity index (χ2n) is 6.59. The number of fused-ring (bicyclic) bond motifs is 3. The van der Waals surface area contributed by atoms with E-state index in [9.17, 15) is 4.79 Å². The molecule has 1 aromatic heterocycles. The molecule has 4 nitrogen and oxygen atoms in total. The zero-order chi connectivity index (χ0) is 15.3. The van der Waals surface area contributed by atoms with E-state index in [-0.39, 0.29) is 5.91 Å². The van der Waals surface area contributed by atoms with Crippen molar-refractivity contribution in [3.63, 3.8) is 0 Å². The monoisotopic (exact) mass is 315 g/mol. The molecule has 116 valence electrons. The zero-order valence-electron chi connectivity index (χ0n) is 12.9. The van der Waals surface area contributed by atoms with Gasteiger partial charge in [-0.3, -0.25) is 4.79 Å². The van der Waals surface area contributed by atoms with Gasteiger partial charge in [0.2, 0.25) is 0 Å². The van der Waals surface area contributed by atoms with Gasteiger partial charge in [0.15, 0.2) is 0 Å². The zero-order valence-corrected chi connectivity index (χ0v) is 13.7. The highest BCUT2D eigenvalue weighted by Crippen LogP contribution is 2.32. The third kappa shape index (κ3) is 2.38. The summed E-state index contributed by atoms with van der Waals surface area (Å²) in [7, 11) is 4.08. The van der Waals surface area contributed by atoms with Crippen LogP contribution in [0, 0.1) is 0 Å². The molecular formula is C17H21N3OS. The number of carbonyl (C=O) groups excluding carboxylic acids is 1. The molecule has 2 aliphatic heterocycles. The van der Waals surface area contributed by atoms with Gasteiger partial charge in [-0.25, -0.2) is 0 Å². The summed E-state index contributed by atoms with van der Waals surface area (Å²) in [5, 5.41) is 9.19. The fourth-order valence-electron chi connectivity index (χ4n) is 3.61. The lowest BCUT2D eigenvalue weighted by atomic mass is 9.95. The van der Waals surface area contributed by atoms with Gasteiger partial charge in [-0.2, -0.15) is 0 Å². The Hall–Kier alpha value is -1.59. The molecule has 2 saturated heterocycles. The average molecular weight is 315 g/mol. The first kappa shape index (κ1) is 14.0. The molecule has 2 aliphatic rings. The van der Waals surface area contributed by atoms with Gasteiger partial charge in [0.25, 0.3) is 5.91 Å². The van der Waals surface area contributed by atoms with E-state index < -0.39 is 0 Å². The minimum Gasteiger partial charge on any atom is -0.370 e. The van der Waals surface area contributed by atoms with Crippen molar-refractivity contribution in [2.45, 2.75) is 37.4 Å². The maximum Gasteiger partial charge on any atom is 0.251 e. The third-order valence-electron chi connectivity index (χ3n) is 4.83. The van der Waals surface area contributed by atoms with Crippen LogP contribution in [0.2, 0.25) is 0 Å². The molecule has 0 saturated carbocycles. The van der Waals surface area contributed by atoms with E-state index in [1.165, 1.54) is 27.9 Å². The molecule has 4 rings (SSSR count). The highest BCUT2D eigenvalue weighted by Gasteiger charge is 2.39. The number of anilines is 1. The van der Waals surface area contributed by atoms with Crippen molar-refractivity contribution in [3.8, 4) is 0 Å². The maximum absolute atomic E-state index is 12.5. The molecule has 1 aromatic carbocycles. The number of hydrogen-bond acceptors (Lipinski definition) is 4. The molecular weight excluding hydrogens is 294 g/mol. The second kappa shape index (κ2) is 5.25. The van der Waals surface area contributed by atoms with Crippen molar-refractivity contribution >= 4 is 32.3 Å². The highest BCUT2D eigenvalue weighted by molar-refractivity contribution is 7.22. The van der Waals surface area contributed by atoms with Crippen LogP contribution in [0.3, 0.4) is 0 Å². The summed E-state index contributed by atoms with van der Waals surface area (Å²) in [6, 6.07) is 9.54. The van der Waals surface area contributed by atoms with Crippen molar-refractivity contribution < 1.29 is 4.79 Å². The summed E-state index contributed by atoms with van der Waals surface area (Å²) in [4.78, 5) is 14.6. The summed E-state index contributed by atoms with van der Waals surface area (Å²) in [5.74, 6) is 0.0565. The number of benzene rings is 1. The normalized spacial score (nSPS) is 26.5. The van der Waals surface area contributed by atoms with Gasteiger partial charge in [0.05, 0.1) is 5.00 Å². The Kier molecular flexibility index (Phi) is 3.35. The maximum atomic E-state index is 12.5. The van der Waals surface area contributed by atoms with Crippen molar-refractivity contribution in [3.05, 3.63) is 29.8 Å². The predicted octanol–water partition coefficient (Wildman–Crippen LogP) is 2.59. The van der Waals surface area contributed by atoms with Crippen LogP contribution in [0.15, 0.2) is 24.3 Å². The van der Waals surface area contributed by atoms with Crippen LogP contribution in [0.4, 0.5) is 5.00 Å². The molecule has 0 radical (unpaired) electrons. The first-order valence-corrected chi connectivity index (χ1v) is 8.69. The van der Waals surface area contributed by atoms with Crippen LogP contribution < -0.4 is 15.5 Å². The molecule has 2 aromatic rings. The molecule has 22 heavy (non-hydrogen) atoms. The van der Waals surface area contributed by atoms with E-state index in [2.05, 4.69) is 21.6 Å². The predicted molar refractivity (Wildman–Crippen MR) is 92.0 cm³/mol. The van der Waals surface area contributed by atoms with Crippen molar-refractivity contribution in [2.24, 2.45) is 0 Å². The molecule has 1 amide bonds. The van der Waals surface area contributed by atoms with E-state index in [1.807, 2.05) is 32.3 Å². The Morgan fingerprint density at radius 3 is 2.86 bits per heavy atom. The lowest BCUT2D eigenvalue weighted by molar-refractivity contribution is 0.0931. The summed E-state index contributed by atoms with van der Waals surface area (Å²) in [5.41, 5.74) is 0.766. The minimum absolute atomic E-state index is 0.0565. The van der Waals surface area contributed by atoms with Crippen molar-refractivity contribution in [1.29, 1.82) is 0 Å². The van der Waals surface area contributed by atoms with Crippen molar-refractivity contribution in [1.82, 2.24) is 10.6 Å². The summed E-state index contributed by atoms with van der Waals surface area (Å²) in [6.45, 7) is 0. The molecule has 0 aliphatic carbocycles. The van der Waals surface area contributed by atoms with Crippen LogP contribution in [-0.4, -0.2) is 38.1 Å². The Labute approximate surface area is 134 Å². The van der Waals surface area contributed by atoms with Crippen LogP contribution in [0.1, 0.15) is 29.6 Å². The number of nitrogens with one attached hydrogen (secondary N) is 2. The Bertz CT molecular complexity index is 724. The fourth-order valence-corrected chi connectivity index (χ4v) is 4.64. The largest absolute Gasteiger partial charge is 0.370 e. The van der Waals surface area contributed by atoms with Gasteiger partial charge < -0.3 is 15.5 Å². The van der Waals surface area contributed by atoms with E-state index in [1.54, 1.807) is 11.3 Å². The second-order valence-corrected chi connectivity index (χ2v) is 7.66. The van der Waals surface area contributed by atoms with Crippen LogP contribution in [0.25, 0.3) is 10.1 Å². The third-order valence-corrected chi connectivity index (χ3v) is 6.09. The lowest BCUT2D eigenvalue weighted by Crippen LogP contribution is -2.42. The molecule has 0 unspecified atom stereocenters. The Morgan fingerprint density at radius 1 is 1.32 bits per heavy atom. The first-order valence-electron chi connectivity index (χ1n) is 7.88. The number of thiophene rings is 1.